The lowest BCUT2D eigenvalue weighted by atomic mass is 9.90. The van der Waals surface area contributed by atoms with E-state index in [0.717, 1.165) is 0 Å². The molecule has 0 spiro atoms. The molecule has 1 unspecified atom stereocenters. The molecular weight excluding hydrogens is 182 g/mol. The maximum Gasteiger partial charge on any atom is 0.305 e. The van der Waals surface area contributed by atoms with Crippen LogP contribution in [0, 0.1) is 0 Å². The minimum atomic E-state index is -0.960. The molecule has 4 nitrogen and oxygen atoms in total. The highest BCUT2D eigenvalue weighted by atomic mass is 16.4. The fourth-order valence-corrected chi connectivity index (χ4v) is 1.28. The Kier molecular flexibility index (Phi) is 2.76. The largest absolute Gasteiger partial charge is 0.508 e. The van der Waals surface area contributed by atoms with E-state index in [4.69, 9.17) is 10.8 Å². The number of nitrogens with two attached hydrogens (primary N) is 1. The molecule has 0 bridgehead atoms. The average Bonchev–Trinajstić information content (AvgIpc) is 2.01. The monoisotopic (exact) mass is 195 g/mol. The summed E-state index contributed by atoms with van der Waals surface area (Å²) in [6, 6.07) is 6.32. The number of carboxylic acids is 1. The molecule has 0 aromatic heterocycles. The van der Waals surface area contributed by atoms with Crippen LogP contribution in [0.4, 0.5) is 0 Å². The fraction of sp³-hybridized carbons (Fsp3) is 0.300. The lowest BCUT2D eigenvalue weighted by molar-refractivity contribution is -0.138. The summed E-state index contributed by atoms with van der Waals surface area (Å²) in [5, 5.41) is 17.8. The molecule has 0 saturated carbocycles. The zero-order chi connectivity index (χ0) is 10.8. The fourth-order valence-electron chi connectivity index (χ4n) is 1.28. The van der Waals surface area contributed by atoms with Crippen LogP contribution in [-0.2, 0) is 10.3 Å². The smallest absolute Gasteiger partial charge is 0.305 e. The average molecular weight is 195 g/mol. The molecule has 0 saturated heterocycles. The summed E-state index contributed by atoms with van der Waals surface area (Å²) in [6.45, 7) is 1.62. The maximum atomic E-state index is 10.5. The van der Waals surface area contributed by atoms with Gasteiger partial charge in [0.05, 0.1) is 6.42 Å². The minimum absolute atomic E-state index is 0.0876. The van der Waals surface area contributed by atoms with Gasteiger partial charge in [0.1, 0.15) is 5.75 Å². The summed E-state index contributed by atoms with van der Waals surface area (Å²) >= 11 is 0. The van der Waals surface area contributed by atoms with Crippen molar-refractivity contribution in [2.75, 3.05) is 0 Å². The highest BCUT2D eigenvalue weighted by molar-refractivity contribution is 5.68. The molecule has 4 heteroatoms. The van der Waals surface area contributed by atoms with E-state index >= 15 is 0 Å². The van der Waals surface area contributed by atoms with Crippen LogP contribution in [-0.4, -0.2) is 16.2 Å². The van der Waals surface area contributed by atoms with Crippen LogP contribution in [0.5, 0.6) is 5.75 Å². The van der Waals surface area contributed by atoms with Crippen molar-refractivity contribution in [3.8, 4) is 5.75 Å². The predicted molar refractivity (Wildman–Crippen MR) is 51.9 cm³/mol. The third-order valence-electron chi connectivity index (χ3n) is 2.02. The normalized spacial score (nSPS) is 14.7. The lowest BCUT2D eigenvalue weighted by Gasteiger charge is -2.23. The standard InChI is InChI=1S/C10H13NO3/c1-10(11,6-9(13)14)7-3-2-4-8(12)5-7/h2-5,12H,6,11H2,1H3,(H,13,14). The third-order valence-corrected chi connectivity index (χ3v) is 2.02. The zero-order valence-electron chi connectivity index (χ0n) is 7.90. The number of aliphatic carboxylic acids is 1. The van der Waals surface area contributed by atoms with E-state index in [1.807, 2.05) is 0 Å². The topological polar surface area (TPSA) is 83.6 Å². The second-order valence-corrected chi connectivity index (χ2v) is 3.54. The van der Waals surface area contributed by atoms with Gasteiger partial charge in [-0.2, -0.15) is 0 Å². The van der Waals surface area contributed by atoms with E-state index in [9.17, 15) is 9.90 Å². The number of carboxylic acid groups (broad SMARTS) is 1. The molecule has 0 amide bonds. The van der Waals surface area contributed by atoms with Gasteiger partial charge in [-0.05, 0) is 24.6 Å². The van der Waals surface area contributed by atoms with E-state index in [1.165, 1.54) is 12.1 Å². The van der Waals surface area contributed by atoms with Crippen molar-refractivity contribution in [3.05, 3.63) is 29.8 Å². The summed E-state index contributed by atoms with van der Waals surface area (Å²) in [6.07, 6.45) is -0.170. The SMILES string of the molecule is CC(N)(CC(=O)O)c1cccc(O)c1. The van der Waals surface area contributed by atoms with Gasteiger partial charge in [-0.15, -0.1) is 0 Å². The van der Waals surface area contributed by atoms with Crippen molar-refractivity contribution in [1.82, 2.24) is 0 Å². The molecule has 0 radical (unpaired) electrons. The summed E-state index contributed by atoms with van der Waals surface area (Å²) in [5.74, 6) is -0.872. The Hall–Kier alpha value is -1.55. The molecule has 0 aliphatic rings. The predicted octanol–water partition coefficient (Wildman–Crippen LogP) is 1.04. The molecule has 0 heterocycles. The first-order valence-electron chi connectivity index (χ1n) is 4.22. The van der Waals surface area contributed by atoms with Gasteiger partial charge in [-0.25, -0.2) is 0 Å². The Balaban J connectivity index is 2.97. The Bertz CT molecular complexity index is 347. The second-order valence-electron chi connectivity index (χ2n) is 3.54. The van der Waals surface area contributed by atoms with Gasteiger partial charge in [-0.1, -0.05) is 12.1 Å². The molecule has 0 aliphatic heterocycles. The quantitative estimate of drug-likeness (QED) is 0.672. The van der Waals surface area contributed by atoms with E-state index < -0.39 is 11.5 Å². The van der Waals surface area contributed by atoms with Gasteiger partial charge in [0.25, 0.3) is 0 Å². The maximum absolute atomic E-state index is 10.5. The highest BCUT2D eigenvalue weighted by Gasteiger charge is 2.24. The van der Waals surface area contributed by atoms with Gasteiger partial charge >= 0.3 is 5.97 Å². The Labute approximate surface area is 82.0 Å². The summed E-state index contributed by atoms with van der Waals surface area (Å²) in [5.41, 5.74) is 5.47. The van der Waals surface area contributed by atoms with E-state index in [0.29, 0.717) is 5.56 Å². The molecular formula is C10H13NO3. The summed E-state index contributed by atoms with van der Waals surface area (Å²) < 4.78 is 0. The summed E-state index contributed by atoms with van der Waals surface area (Å²) in [4.78, 5) is 10.5. The molecule has 4 N–H and O–H groups in total. The molecule has 1 rings (SSSR count). The second kappa shape index (κ2) is 3.67. The van der Waals surface area contributed by atoms with E-state index in [1.54, 1.807) is 19.1 Å². The van der Waals surface area contributed by atoms with Crippen molar-refractivity contribution < 1.29 is 15.0 Å². The third kappa shape index (κ3) is 2.47. The van der Waals surface area contributed by atoms with Crippen LogP contribution in [0.2, 0.25) is 0 Å². The Morgan fingerprint density at radius 3 is 2.71 bits per heavy atom. The highest BCUT2D eigenvalue weighted by Crippen LogP contribution is 2.24. The van der Waals surface area contributed by atoms with Crippen LogP contribution >= 0.6 is 0 Å². The van der Waals surface area contributed by atoms with Crippen LogP contribution in [0.15, 0.2) is 24.3 Å². The number of aromatic hydroxyl groups is 1. The van der Waals surface area contributed by atoms with E-state index in [2.05, 4.69) is 0 Å². The van der Waals surface area contributed by atoms with Crippen LogP contribution in [0.3, 0.4) is 0 Å². The number of rotatable bonds is 3. The van der Waals surface area contributed by atoms with Gasteiger partial charge < -0.3 is 15.9 Å². The molecule has 0 aliphatic carbocycles. The van der Waals surface area contributed by atoms with Crippen molar-refractivity contribution in [3.63, 3.8) is 0 Å². The number of hydrogen-bond acceptors (Lipinski definition) is 3. The van der Waals surface area contributed by atoms with Crippen LogP contribution in [0.25, 0.3) is 0 Å². The van der Waals surface area contributed by atoms with Crippen molar-refractivity contribution >= 4 is 5.97 Å². The lowest BCUT2D eigenvalue weighted by Crippen LogP contribution is -2.35. The van der Waals surface area contributed by atoms with Gasteiger partial charge in [0, 0.05) is 5.54 Å². The first-order valence-corrected chi connectivity index (χ1v) is 4.22. The van der Waals surface area contributed by atoms with Crippen molar-refractivity contribution in [2.45, 2.75) is 18.9 Å². The first-order chi connectivity index (χ1) is 6.42. The van der Waals surface area contributed by atoms with Gasteiger partial charge in [0.15, 0.2) is 0 Å². The summed E-state index contributed by atoms with van der Waals surface area (Å²) in [7, 11) is 0. The molecule has 14 heavy (non-hydrogen) atoms. The van der Waals surface area contributed by atoms with Gasteiger partial charge in [0.2, 0.25) is 0 Å². The number of hydrogen-bond donors (Lipinski definition) is 3. The van der Waals surface area contributed by atoms with Crippen LogP contribution < -0.4 is 5.73 Å². The molecule has 1 aromatic carbocycles. The number of carbonyl (C=O) groups is 1. The van der Waals surface area contributed by atoms with Crippen molar-refractivity contribution in [1.29, 1.82) is 0 Å². The number of phenolic OH excluding ortho intramolecular Hbond substituents is 1. The molecule has 0 fully saturated rings. The van der Waals surface area contributed by atoms with E-state index in [-0.39, 0.29) is 12.2 Å². The first kappa shape index (κ1) is 10.5. The van der Waals surface area contributed by atoms with Crippen LogP contribution in [0.1, 0.15) is 18.9 Å². The van der Waals surface area contributed by atoms with Gasteiger partial charge in [-0.3, -0.25) is 4.79 Å². The molecule has 1 atom stereocenters. The number of phenols is 1. The zero-order valence-corrected chi connectivity index (χ0v) is 7.90. The Morgan fingerprint density at radius 2 is 2.21 bits per heavy atom. The molecule has 1 aromatic rings. The Morgan fingerprint density at radius 1 is 1.57 bits per heavy atom. The molecule has 76 valence electrons. The minimum Gasteiger partial charge on any atom is -0.508 e. The number of benzene rings is 1. The van der Waals surface area contributed by atoms with Crippen molar-refractivity contribution in [2.24, 2.45) is 5.73 Å².